The Hall–Kier alpha value is -1.79. The highest BCUT2D eigenvalue weighted by Gasteiger charge is 2.51. The van der Waals surface area contributed by atoms with Crippen molar-refractivity contribution < 1.29 is 64.6 Å². The fourth-order valence-corrected chi connectivity index (χ4v) is 9.03. The highest BCUT2D eigenvalue weighted by molar-refractivity contribution is 5.76. The van der Waals surface area contributed by atoms with Gasteiger partial charge in [-0.25, -0.2) is 0 Å². The number of aliphatic hydroxyl groups excluding tert-OH is 8. The maximum absolute atomic E-state index is 13.1. The first-order chi connectivity index (χ1) is 33.6. The summed E-state index contributed by atoms with van der Waals surface area (Å²) in [5.41, 5.74) is 0. The lowest BCUT2D eigenvalue weighted by atomic mass is 9.97. The average Bonchev–Trinajstić information content (AvgIpc) is 3.35. The van der Waals surface area contributed by atoms with Gasteiger partial charge in [0.25, 0.3) is 0 Å². The molecule has 2 heterocycles. The number of hydrogen-bond donors (Lipinski definition) is 9. The molecule has 14 nitrogen and oxygen atoms in total. The third-order valence-electron chi connectivity index (χ3n) is 13.6. The third kappa shape index (κ3) is 28.3. The van der Waals surface area contributed by atoms with Gasteiger partial charge in [0.1, 0.15) is 48.8 Å². The lowest BCUT2D eigenvalue weighted by Gasteiger charge is -2.46. The number of unbranched alkanes of at least 4 members (excludes halogenated alkanes) is 26. The van der Waals surface area contributed by atoms with Crippen LogP contribution in [0.15, 0.2) is 36.5 Å². The first kappa shape index (κ1) is 63.3. The van der Waals surface area contributed by atoms with Crippen molar-refractivity contribution in [3.05, 3.63) is 36.5 Å². The van der Waals surface area contributed by atoms with E-state index in [-0.39, 0.29) is 18.9 Å². The Bertz CT molecular complexity index is 1300. The predicted octanol–water partition coefficient (Wildman–Crippen LogP) is 8.27. The molecule has 14 heteroatoms. The second-order valence-corrected chi connectivity index (χ2v) is 19.7. The highest BCUT2D eigenvalue weighted by atomic mass is 16.7. The molecule has 0 aromatic rings. The molecule has 0 aliphatic carbocycles. The lowest BCUT2D eigenvalue weighted by Crippen LogP contribution is -2.65. The minimum Gasteiger partial charge on any atom is -0.394 e. The third-order valence-corrected chi connectivity index (χ3v) is 13.6. The maximum atomic E-state index is 13.1. The Kier molecular flexibility index (Phi) is 38.2. The minimum atomic E-state index is -1.79. The van der Waals surface area contributed by atoms with Crippen LogP contribution in [0.25, 0.3) is 0 Å². The van der Waals surface area contributed by atoms with Crippen molar-refractivity contribution in [3.63, 3.8) is 0 Å². The maximum Gasteiger partial charge on any atom is 0.220 e. The molecular formula is C55H101NO13. The van der Waals surface area contributed by atoms with Gasteiger partial charge in [0.05, 0.1) is 32.0 Å². The number of carbonyl (C=O) groups is 1. The van der Waals surface area contributed by atoms with Crippen LogP contribution >= 0.6 is 0 Å². The number of rotatable bonds is 43. The summed E-state index contributed by atoms with van der Waals surface area (Å²) in [4.78, 5) is 13.1. The Balaban J connectivity index is 1.80. The molecule has 2 rings (SSSR count). The fourth-order valence-electron chi connectivity index (χ4n) is 9.03. The predicted molar refractivity (Wildman–Crippen MR) is 272 cm³/mol. The van der Waals surface area contributed by atoms with E-state index in [2.05, 4.69) is 43.5 Å². The summed E-state index contributed by atoms with van der Waals surface area (Å²) in [6, 6.07) is -0.933. The van der Waals surface area contributed by atoms with Gasteiger partial charge in [-0.15, -0.1) is 0 Å². The number of ether oxygens (including phenoxy) is 4. The Morgan fingerprint density at radius 3 is 1.42 bits per heavy atom. The van der Waals surface area contributed by atoms with Crippen LogP contribution in [0.2, 0.25) is 0 Å². The zero-order chi connectivity index (χ0) is 50.3. The first-order valence-corrected chi connectivity index (χ1v) is 27.7. The molecule has 0 saturated carbocycles. The van der Waals surface area contributed by atoms with E-state index in [4.69, 9.17) is 18.9 Å². The van der Waals surface area contributed by atoms with E-state index in [1.54, 1.807) is 6.08 Å². The van der Waals surface area contributed by atoms with Gasteiger partial charge < -0.3 is 65.1 Å². The van der Waals surface area contributed by atoms with Gasteiger partial charge in [-0.3, -0.25) is 4.79 Å². The lowest BCUT2D eigenvalue weighted by molar-refractivity contribution is -0.359. The minimum absolute atomic E-state index is 0.255. The van der Waals surface area contributed by atoms with Crippen LogP contribution in [-0.4, -0.2) is 140 Å². The molecule has 2 fully saturated rings. The summed E-state index contributed by atoms with van der Waals surface area (Å²) < 4.78 is 22.7. The van der Waals surface area contributed by atoms with Crippen LogP contribution < -0.4 is 5.32 Å². The zero-order valence-corrected chi connectivity index (χ0v) is 43.1. The van der Waals surface area contributed by atoms with Crippen molar-refractivity contribution in [2.24, 2.45) is 0 Å². The monoisotopic (exact) mass is 984 g/mol. The van der Waals surface area contributed by atoms with E-state index in [0.29, 0.717) is 12.8 Å². The highest BCUT2D eigenvalue weighted by Crippen LogP contribution is 2.30. The molecule has 2 saturated heterocycles. The molecule has 0 radical (unpaired) electrons. The normalized spacial score (nSPS) is 26.4. The number of aliphatic hydroxyl groups is 8. The van der Waals surface area contributed by atoms with E-state index >= 15 is 0 Å². The van der Waals surface area contributed by atoms with Gasteiger partial charge in [-0.2, -0.15) is 0 Å². The molecule has 9 N–H and O–H groups in total. The number of carbonyl (C=O) groups excluding carboxylic acids is 1. The summed E-state index contributed by atoms with van der Waals surface area (Å²) in [7, 11) is 0. The average molecular weight is 984 g/mol. The van der Waals surface area contributed by atoms with E-state index in [1.807, 2.05) is 6.08 Å². The van der Waals surface area contributed by atoms with Crippen LogP contribution in [0, 0.1) is 0 Å². The van der Waals surface area contributed by atoms with Gasteiger partial charge in [-0.1, -0.05) is 198 Å². The first-order valence-electron chi connectivity index (χ1n) is 27.7. The van der Waals surface area contributed by atoms with Crippen LogP contribution in [-0.2, 0) is 23.7 Å². The van der Waals surface area contributed by atoms with Gasteiger partial charge in [0.15, 0.2) is 12.6 Å². The molecule has 12 unspecified atom stereocenters. The summed E-state index contributed by atoms with van der Waals surface area (Å²) in [5.74, 6) is -0.255. The molecule has 0 aromatic carbocycles. The van der Waals surface area contributed by atoms with Gasteiger partial charge in [-0.05, 0) is 44.9 Å². The Labute approximate surface area is 417 Å². The molecular weight excluding hydrogens is 883 g/mol. The molecule has 69 heavy (non-hydrogen) atoms. The van der Waals surface area contributed by atoms with Gasteiger partial charge >= 0.3 is 0 Å². The van der Waals surface area contributed by atoms with Crippen LogP contribution in [0.4, 0.5) is 0 Å². The smallest absolute Gasteiger partial charge is 0.220 e. The van der Waals surface area contributed by atoms with Gasteiger partial charge in [0.2, 0.25) is 5.91 Å². The van der Waals surface area contributed by atoms with Crippen molar-refractivity contribution in [3.8, 4) is 0 Å². The zero-order valence-electron chi connectivity index (χ0n) is 43.1. The van der Waals surface area contributed by atoms with Crippen LogP contribution in [0.1, 0.15) is 213 Å². The van der Waals surface area contributed by atoms with Crippen molar-refractivity contribution in [1.82, 2.24) is 5.32 Å². The number of allylic oxidation sites excluding steroid dienone is 5. The summed E-state index contributed by atoms with van der Waals surface area (Å²) in [5, 5.41) is 86.8. The second-order valence-electron chi connectivity index (χ2n) is 19.7. The molecule has 404 valence electrons. The number of hydrogen-bond acceptors (Lipinski definition) is 13. The SMILES string of the molecule is CCCCCCCCCCCCCCCC/C=C/CC/C=C/CC/C=C/C(O)C(COC1OC(CO)C(OC2OC(CO)C(O)C(O)C2O)C(O)C1O)NC(=O)CCCCCCCCCCCCC. The fraction of sp³-hybridized carbons (Fsp3) is 0.873. The second kappa shape index (κ2) is 41.7. The molecule has 1 amide bonds. The van der Waals surface area contributed by atoms with E-state index in [1.165, 1.54) is 135 Å². The number of nitrogens with one attached hydrogen (secondary N) is 1. The van der Waals surface area contributed by atoms with Crippen molar-refractivity contribution >= 4 is 5.91 Å². The van der Waals surface area contributed by atoms with E-state index < -0.39 is 86.8 Å². The van der Waals surface area contributed by atoms with Crippen molar-refractivity contribution in [1.29, 1.82) is 0 Å². The molecule has 0 spiro atoms. The van der Waals surface area contributed by atoms with Crippen molar-refractivity contribution in [2.75, 3.05) is 19.8 Å². The molecule has 0 bridgehead atoms. The van der Waals surface area contributed by atoms with Crippen LogP contribution in [0.3, 0.4) is 0 Å². The molecule has 2 aliphatic heterocycles. The quantitative estimate of drug-likeness (QED) is 0.0207. The summed E-state index contributed by atoms with van der Waals surface area (Å²) >= 11 is 0. The summed E-state index contributed by atoms with van der Waals surface area (Å²) in [6.45, 7) is 2.76. The largest absolute Gasteiger partial charge is 0.394 e. The van der Waals surface area contributed by atoms with E-state index in [0.717, 1.165) is 44.9 Å². The Morgan fingerprint density at radius 2 is 0.928 bits per heavy atom. The van der Waals surface area contributed by atoms with Crippen molar-refractivity contribution in [2.45, 2.75) is 286 Å². The molecule has 0 aromatic heterocycles. The summed E-state index contributed by atoms with van der Waals surface area (Å²) in [6.07, 6.45) is 32.0. The van der Waals surface area contributed by atoms with E-state index in [9.17, 15) is 45.6 Å². The van der Waals surface area contributed by atoms with Gasteiger partial charge in [0, 0.05) is 6.42 Å². The molecule has 12 atom stereocenters. The Morgan fingerprint density at radius 1 is 0.507 bits per heavy atom. The topological polar surface area (TPSA) is 228 Å². The molecule has 2 aliphatic rings. The van der Waals surface area contributed by atoms with Crippen LogP contribution in [0.5, 0.6) is 0 Å². The number of amides is 1. The standard InChI is InChI=1S/C55H101NO13/c1-3-5-7-9-11-13-15-16-17-18-19-20-21-22-23-24-25-26-27-29-30-32-34-36-38-44(59)43(56-47(60)39-37-35-33-31-28-14-12-10-8-6-4-2)42-66-54-52(65)50(63)53(46(41-58)68-54)69-55-51(64)49(62)48(61)45(40-57)67-55/h24-25,29-30,36,38,43-46,48-55,57-59,61-65H,3-23,26-28,31-35,37,39-42H2,1-2H3,(H,56,60)/b25-24+,30-29+,38-36+.